The zero-order valence-electron chi connectivity index (χ0n) is 6.78. The molecule has 0 aliphatic rings. The molecule has 1 rings (SSSR count). The van der Waals surface area contributed by atoms with Crippen LogP contribution in [0.2, 0.25) is 15.1 Å². The van der Waals surface area contributed by atoms with Crippen LogP contribution in [0.15, 0.2) is 6.07 Å². The van der Waals surface area contributed by atoms with Gasteiger partial charge in [-0.3, -0.25) is 9.59 Å². The van der Waals surface area contributed by atoms with E-state index in [2.05, 4.69) is 0 Å². The molecular formula is C8HCl5O2. The second-order valence-electron chi connectivity index (χ2n) is 2.46. The fraction of sp³-hybridized carbons (Fsp3) is 0. The fourth-order valence-corrected chi connectivity index (χ4v) is 2.01. The van der Waals surface area contributed by atoms with E-state index in [0.29, 0.717) is 0 Å². The monoisotopic (exact) mass is 304 g/mol. The van der Waals surface area contributed by atoms with E-state index >= 15 is 0 Å². The van der Waals surface area contributed by atoms with Crippen LogP contribution in [-0.2, 0) is 0 Å². The normalized spacial score (nSPS) is 10.2. The number of halogens is 5. The molecule has 0 spiro atoms. The molecular weight excluding hydrogens is 305 g/mol. The molecule has 1 aromatic rings. The molecule has 1 aromatic carbocycles. The predicted octanol–water partition coefficient (Wildman–Crippen LogP) is 4.40. The Morgan fingerprint density at radius 2 is 1.13 bits per heavy atom. The third kappa shape index (κ3) is 2.58. The van der Waals surface area contributed by atoms with Crippen molar-refractivity contribution >= 4 is 68.5 Å². The Labute approximate surface area is 110 Å². The van der Waals surface area contributed by atoms with Gasteiger partial charge in [0.1, 0.15) is 0 Å². The minimum atomic E-state index is -0.849. The van der Waals surface area contributed by atoms with Gasteiger partial charge in [-0.25, -0.2) is 0 Å². The van der Waals surface area contributed by atoms with E-state index in [9.17, 15) is 9.59 Å². The van der Waals surface area contributed by atoms with E-state index in [1.165, 1.54) is 0 Å². The maximum Gasteiger partial charge on any atom is 0.253 e. The van der Waals surface area contributed by atoms with E-state index in [0.717, 1.165) is 6.07 Å². The Hall–Kier alpha value is 0.01000. The van der Waals surface area contributed by atoms with Crippen molar-refractivity contribution in [3.05, 3.63) is 32.3 Å². The molecule has 7 heteroatoms. The minimum Gasteiger partial charge on any atom is -0.276 e. The molecule has 80 valence electrons. The molecule has 0 aliphatic carbocycles. The van der Waals surface area contributed by atoms with Crippen molar-refractivity contribution in [3.63, 3.8) is 0 Å². The Balaban J connectivity index is 3.59. The third-order valence-electron chi connectivity index (χ3n) is 1.57. The quantitative estimate of drug-likeness (QED) is 0.599. The zero-order valence-corrected chi connectivity index (χ0v) is 10.6. The lowest BCUT2D eigenvalue weighted by Crippen LogP contribution is -1.98. The van der Waals surface area contributed by atoms with Gasteiger partial charge in [0.2, 0.25) is 0 Å². The summed E-state index contributed by atoms with van der Waals surface area (Å²) < 4.78 is 0. The average Bonchev–Trinajstić information content (AvgIpc) is 2.13. The standard InChI is InChI=1S/C8HCl5O2/c9-4-2(7(12)14)1-3(8(13)15)5(10)6(4)11/h1H. The number of benzene rings is 1. The van der Waals surface area contributed by atoms with Crippen molar-refractivity contribution < 1.29 is 9.59 Å². The second kappa shape index (κ2) is 4.89. The highest BCUT2D eigenvalue weighted by Crippen LogP contribution is 2.36. The summed E-state index contributed by atoms with van der Waals surface area (Å²) >= 11 is 27.5. The van der Waals surface area contributed by atoms with E-state index in [1.54, 1.807) is 0 Å². The van der Waals surface area contributed by atoms with Crippen LogP contribution in [0.1, 0.15) is 20.7 Å². The molecule has 0 amide bonds. The van der Waals surface area contributed by atoms with Crippen molar-refractivity contribution in [3.8, 4) is 0 Å². The number of carbonyl (C=O) groups is 2. The van der Waals surface area contributed by atoms with Crippen molar-refractivity contribution in [1.29, 1.82) is 0 Å². The molecule has 15 heavy (non-hydrogen) atoms. The molecule has 0 unspecified atom stereocenters. The number of hydrogen-bond donors (Lipinski definition) is 0. The Morgan fingerprint density at radius 1 is 0.800 bits per heavy atom. The van der Waals surface area contributed by atoms with Gasteiger partial charge in [-0.05, 0) is 29.3 Å². The van der Waals surface area contributed by atoms with Gasteiger partial charge >= 0.3 is 0 Å². The van der Waals surface area contributed by atoms with Crippen LogP contribution in [0.4, 0.5) is 0 Å². The topological polar surface area (TPSA) is 34.1 Å². The fourth-order valence-electron chi connectivity index (χ4n) is 0.890. The van der Waals surface area contributed by atoms with E-state index in [1.807, 2.05) is 0 Å². The van der Waals surface area contributed by atoms with Crippen molar-refractivity contribution in [2.24, 2.45) is 0 Å². The van der Waals surface area contributed by atoms with Crippen molar-refractivity contribution in [2.75, 3.05) is 0 Å². The van der Waals surface area contributed by atoms with Crippen LogP contribution >= 0.6 is 58.0 Å². The van der Waals surface area contributed by atoms with E-state index < -0.39 is 10.5 Å². The summed E-state index contributed by atoms with van der Waals surface area (Å²) in [6.07, 6.45) is 0. The van der Waals surface area contributed by atoms with Crippen LogP contribution in [-0.4, -0.2) is 10.5 Å². The summed E-state index contributed by atoms with van der Waals surface area (Å²) in [6.45, 7) is 0. The second-order valence-corrected chi connectivity index (χ2v) is 4.28. The predicted molar refractivity (Wildman–Crippen MR) is 61.8 cm³/mol. The first kappa shape index (κ1) is 13.1. The van der Waals surface area contributed by atoms with Crippen LogP contribution in [0.5, 0.6) is 0 Å². The van der Waals surface area contributed by atoms with Gasteiger partial charge in [-0.2, -0.15) is 0 Å². The smallest absolute Gasteiger partial charge is 0.253 e. The summed E-state index contributed by atoms with van der Waals surface area (Å²) in [5.74, 6) is 0. The first-order valence-electron chi connectivity index (χ1n) is 3.43. The highest BCUT2D eigenvalue weighted by molar-refractivity contribution is 6.71. The van der Waals surface area contributed by atoms with Gasteiger partial charge in [0.05, 0.1) is 26.2 Å². The number of hydrogen-bond acceptors (Lipinski definition) is 2. The lowest BCUT2D eigenvalue weighted by atomic mass is 10.1. The Bertz CT molecular complexity index is 417. The Kier molecular flexibility index (Phi) is 4.27. The lowest BCUT2D eigenvalue weighted by molar-refractivity contribution is 0.108. The molecule has 2 nitrogen and oxygen atoms in total. The highest BCUT2D eigenvalue weighted by Gasteiger charge is 2.20. The third-order valence-corrected chi connectivity index (χ3v) is 3.33. The van der Waals surface area contributed by atoms with Gasteiger partial charge in [-0.15, -0.1) is 0 Å². The first-order valence-corrected chi connectivity index (χ1v) is 5.32. The molecule has 0 bridgehead atoms. The highest BCUT2D eigenvalue weighted by atomic mass is 35.5. The molecule has 0 saturated heterocycles. The van der Waals surface area contributed by atoms with Crippen LogP contribution in [0.25, 0.3) is 0 Å². The van der Waals surface area contributed by atoms with Crippen molar-refractivity contribution in [2.45, 2.75) is 0 Å². The largest absolute Gasteiger partial charge is 0.276 e. The summed E-state index contributed by atoms with van der Waals surface area (Å²) in [5.41, 5.74) is -0.228. The maximum atomic E-state index is 10.9. The Morgan fingerprint density at radius 3 is 1.40 bits per heavy atom. The number of rotatable bonds is 2. The van der Waals surface area contributed by atoms with Gasteiger partial charge in [0.15, 0.2) is 0 Å². The van der Waals surface area contributed by atoms with Gasteiger partial charge in [0, 0.05) is 0 Å². The molecule has 0 fully saturated rings. The summed E-state index contributed by atoms with van der Waals surface area (Å²) in [4.78, 5) is 21.9. The molecule has 0 atom stereocenters. The summed E-state index contributed by atoms with van der Waals surface area (Å²) in [6, 6.07) is 1.10. The minimum absolute atomic E-state index is 0.108. The van der Waals surface area contributed by atoms with E-state index in [-0.39, 0.29) is 26.2 Å². The SMILES string of the molecule is O=C(Cl)c1cc(C(=O)Cl)c(Cl)c(Cl)c1Cl. The van der Waals surface area contributed by atoms with Crippen LogP contribution < -0.4 is 0 Å². The molecule has 0 aromatic heterocycles. The molecule has 0 heterocycles. The average molecular weight is 306 g/mol. The van der Waals surface area contributed by atoms with Gasteiger partial charge in [0.25, 0.3) is 10.5 Å². The van der Waals surface area contributed by atoms with Crippen LogP contribution in [0.3, 0.4) is 0 Å². The molecule has 0 aliphatic heterocycles. The lowest BCUT2D eigenvalue weighted by Gasteiger charge is -2.06. The molecule has 0 saturated carbocycles. The maximum absolute atomic E-state index is 10.9. The van der Waals surface area contributed by atoms with Gasteiger partial charge < -0.3 is 0 Å². The van der Waals surface area contributed by atoms with Gasteiger partial charge in [-0.1, -0.05) is 34.8 Å². The molecule has 0 radical (unpaired) electrons. The first-order chi connectivity index (χ1) is 6.86. The van der Waals surface area contributed by atoms with Crippen molar-refractivity contribution in [1.82, 2.24) is 0 Å². The summed E-state index contributed by atoms with van der Waals surface area (Å²) in [5, 5.41) is -2.05. The van der Waals surface area contributed by atoms with Crippen LogP contribution in [0, 0.1) is 0 Å². The number of carbonyl (C=O) groups excluding carboxylic acids is 2. The van der Waals surface area contributed by atoms with E-state index in [4.69, 9.17) is 58.0 Å². The summed E-state index contributed by atoms with van der Waals surface area (Å²) in [7, 11) is 0. The molecule has 0 N–H and O–H groups in total. The zero-order chi connectivity index (χ0) is 11.7.